The number of hydrogen-bond donors (Lipinski definition) is 0. The molecule has 3 nitrogen and oxygen atoms in total. The van der Waals surface area contributed by atoms with E-state index >= 15 is 0 Å². The number of benzene rings is 2. The summed E-state index contributed by atoms with van der Waals surface area (Å²) >= 11 is 6.89. The van der Waals surface area contributed by atoms with Crippen molar-refractivity contribution in [2.45, 2.75) is 4.90 Å². The van der Waals surface area contributed by atoms with Crippen LogP contribution in [0.3, 0.4) is 0 Å². The predicted molar refractivity (Wildman–Crippen MR) is 78.7 cm³/mol. The van der Waals surface area contributed by atoms with Gasteiger partial charge in [-0.3, -0.25) is 10.1 Å². The van der Waals surface area contributed by atoms with Crippen molar-refractivity contribution in [1.29, 1.82) is 0 Å². The lowest BCUT2D eigenvalue weighted by Gasteiger charge is -2.00. The fourth-order valence-corrected chi connectivity index (χ4v) is 2.34. The number of thioether (sulfide) groups is 1. The monoisotopic (exact) mass is 291 g/mol. The van der Waals surface area contributed by atoms with Gasteiger partial charge in [-0.15, -0.1) is 0 Å². The highest BCUT2D eigenvalue weighted by Gasteiger charge is 2.13. The van der Waals surface area contributed by atoms with Crippen LogP contribution in [-0.2, 0) is 0 Å². The van der Waals surface area contributed by atoms with Gasteiger partial charge in [0, 0.05) is 16.0 Å². The quantitative estimate of drug-likeness (QED) is 0.465. The van der Waals surface area contributed by atoms with Crippen LogP contribution in [0.4, 0.5) is 0 Å². The molecule has 0 saturated carbocycles. The molecule has 0 aliphatic carbocycles. The van der Waals surface area contributed by atoms with Gasteiger partial charge in [0.1, 0.15) is 0 Å². The van der Waals surface area contributed by atoms with Crippen molar-refractivity contribution < 1.29 is 4.92 Å². The van der Waals surface area contributed by atoms with Crippen LogP contribution in [-0.4, -0.2) is 4.92 Å². The smallest absolute Gasteiger partial charge is 0.258 e. The van der Waals surface area contributed by atoms with Gasteiger partial charge in [-0.25, -0.2) is 0 Å². The molecule has 0 aliphatic rings. The zero-order valence-corrected chi connectivity index (χ0v) is 11.4. The van der Waals surface area contributed by atoms with Gasteiger partial charge in [0.2, 0.25) is 0 Å². The van der Waals surface area contributed by atoms with Crippen molar-refractivity contribution in [3.8, 4) is 0 Å². The molecule has 2 aromatic carbocycles. The number of halogens is 1. The molecular formula is C14H10ClNO2S. The fraction of sp³-hybridized carbons (Fsp3) is 0. The average molecular weight is 292 g/mol. The fourth-order valence-electron chi connectivity index (χ4n) is 1.43. The summed E-state index contributed by atoms with van der Waals surface area (Å²) in [5.74, 6) is 0. The molecule has 0 saturated heterocycles. The minimum absolute atomic E-state index is 0.0773. The molecule has 0 radical (unpaired) electrons. The SMILES string of the molecule is O=[N+]([O-])C(=Cc1ccccc1)Sc1ccc(Cl)cc1. The minimum Gasteiger partial charge on any atom is -0.258 e. The maximum Gasteiger partial charge on any atom is 0.308 e. The first-order valence-corrected chi connectivity index (χ1v) is 6.69. The van der Waals surface area contributed by atoms with E-state index in [1.54, 1.807) is 30.3 Å². The molecule has 0 spiro atoms. The molecule has 0 fully saturated rings. The second kappa shape index (κ2) is 6.41. The molecular weight excluding hydrogens is 282 g/mol. The van der Waals surface area contributed by atoms with Gasteiger partial charge < -0.3 is 0 Å². The Morgan fingerprint density at radius 1 is 1.11 bits per heavy atom. The molecule has 5 heteroatoms. The molecule has 2 aromatic rings. The number of hydrogen-bond acceptors (Lipinski definition) is 3. The van der Waals surface area contributed by atoms with E-state index in [-0.39, 0.29) is 9.95 Å². The third-order valence-corrected chi connectivity index (χ3v) is 3.54. The van der Waals surface area contributed by atoms with Crippen molar-refractivity contribution in [2.24, 2.45) is 0 Å². The van der Waals surface area contributed by atoms with E-state index in [9.17, 15) is 10.1 Å². The minimum atomic E-state index is -0.383. The molecule has 2 rings (SSSR count). The summed E-state index contributed by atoms with van der Waals surface area (Å²) in [6, 6.07) is 16.2. The lowest BCUT2D eigenvalue weighted by molar-refractivity contribution is -0.408. The molecule has 0 aliphatic heterocycles. The van der Waals surface area contributed by atoms with E-state index in [1.807, 2.05) is 30.3 Å². The molecule has 0 bridgehead atoms. The van der Waals surface area contributed by atoms with Gasteiger partial charge in [-0.2, -0.15) is 0 Å². The number of nitro groups is 1. The molecule has 0 atom stereocenters. The maximum absolute atomic E-state index is 11.1. The maximum atomic E-state index is 11.1. The van der Waals surface area contributed by atoms with Crippen LogP contribution in [0.25, 0.3) is 6.08 Å². The Kier molecular flexibility index (Phi) is 4.60. The third kappa shape index (κ3) is 4.12. The molecule has 0 N–H and O–H groups in total. The molecule has 0 aromatic heterocycles. The van der Waals surface area contributed by atoms with Crippen molar-refractivity contribution in [1.82, 2.24) is 0 Å². The van der Waals surface area contributed by atoms with Crippen LogP contribution >= 0.6 is 23.4 Å². The van der Waals surface area contributed by atoms with Crippen LogP contribution in [0.15, 0.2) is 64.5 Å². The van der Waals surface area contributed by atoms with Gasteiger partial charge in [-0.1, -0.05) is 41.9 Å². The molecule has 96 valence electrons. The third-order valence-electron chi connectivity index (χ3n) is 2.31. The molecule has 0 amide bonds. The van der Waals surface area contributed by atoms with Crippen molar-refractivity contribution in [3.05, 3.63) is 80.3 Å². The van der Waals surface area contributed by atoms with Crippen molar-refractivity contribution >= 4 is 29.4 Å². The van der Waals surface area contributed by atoms with Crippen molar-refractivity contribution in [3.63, 3.8) is 0 Å². The average Bonchev–Trinajstić information content (AvgIpc) is 2.41. The standard InChI is InChI=1S/C14H10ClNO2S/c15-12-6-8-13(9-7-12)19-14(16(17)18)10-11-4-2-1-3-5-11/h1-10H. The predicted octanol–water partition coefficient (Wildman–Crippen LogP) is 4.71. The van der Waals surface area contributed by atoms with E-state index < -0.39 is 0 Å². The van der Waals surface area contributed by atoms with E-state index in [4.69, 9.17) is 11.6 Å². The van der Waals surface area contributed by atoms with Gasteiger partial charge >= 0.3 is 5.03 Å². The molecule has 19 heavy (non-hydrogen) atoms. The number of nitrogens with zero attached hydrogens (tertiary/aromatic N) is 1. The Labute approximate surface area is 120 Å². The summed E-state index contributed by atoms with van der Waals surface area (Å²) in [6.07, 6.45) is 1.55. The highest BCUT2D eigenvalue weighted by Crippen LogP contribution is 2.29. The highest BCUT2D eigenvalue weighted by molar-refractivity contribution is 8.03. The summed E-state index contributed by atoms with van der Waals surface area (Å²) < 4.78 is 0. The zero-order valence-electron chi connectivity index (χ0n) is 9.82. The Balaban J connectivity index is 2.24. The Hall–Kier alpha value is -1.78. The van der Waals surface area contributed by atoms with Crippen LogP contribution in [0.1, 0.15) is 5.56 Å². The Morgan fingerprint density at radius 2 is 1.74 bits per heavy atom. The van der Waals surface area contributed by atoms with Crippen LogP contribution in [0, 0.1) is 10.1 Å². The van der Waals surface area contributed by atoms with Gasteiger partial charge in [0.25, 0.3) is 0 Å². The summed E-state index contributed by atoms with van der Waals surface area (Å²) in [5.41, 5.74) is 0.802. The first kappa shape index (κ1) is 13.6. The zero-order chi connectivity index (χ0) is 13.7. The summed E-state index contributed by atoms with van der Waals surface area (Å²) in [5, 5.41) is 11.8. The largest absolute Gasteiger partial charge is 0.308 e. The first-order valence-electron chi connectivity index (χ1n) is 5.50. The van der Waals surface area contributed by atoms with E-state index in [0.29, 0.717) is 5.02 Å². The summed E-state index contributed by atoms with van der Waals surface area (Å²) in [7, 11) is 0. The first-order chi connectivity index (χ1) is 9.15. The van der Waals surface area contributed by atoms with Crippen LogP contribution in [0.5, 0.6) is 0 Å². The molecule has 0 unspecified atom stereocenters. The second-order valence-electron chi connectivity index (χ2n) is 3.71. The van der Waals surface area contributed by atoms with Crippen LogP contribution < -0.4 is 0 Å². The number of rotatable bonds is 4. The lowest BCUT2D eigenvalue weighted by Crippen LogP contribution is -1.94. The van der Waals surface area contributed by atoms with Gasteiger partial charge in [0.15, 0.2) is 0 Å². The van der Waals surface area contributed by atoms with E-state index in [0.717, 1.165) is 22.2 Å². The summed E-state index contributed by atoms with van der Waals surface area (Å²) in [6.45, 7) is 0. The van der Waals surface area contributed by atoms with E-state index in [1.165, 1.54) is 0 Å². The van der Waals surface area contributed by atoms with Gasteiger partial charge in [0.05, 0.1) is 4.92 Å². The van der Waals surface area contributed by atoms with E-state index in [2.05, 4.69) is 0 Å². The summed E-state index contributed by atoms with van der Waals surface area (Å²) in [4.78, 5) is 11.5. The topological polar surface area (TPSA) is 43.1 Å². The molecule has 0 heterocycles. The normalized spacial score (nSPS) is 11.3. The Morgan fingerprint density at radius 3 is 2.32 bits per heavy atom. The Bertz CT molecular complexity index is 597. The van der Waals surface area contributed by atoms with Gasteiger partial charge in [-0.05, 0) is 41.6 Å². The van der Waals surface area contributed by atoms with Crippen LogP contribution in [0.2, 0.25) is 5.02 Å². The second-order valence-corrected chi connectivity index (χ2v) is 5.24. The highest BCUT2D eigenvalue weighted by atomic mass is 35.5. The lowest BCUT2D eigenvalue weighted by atomic mass is 10.2. The van der Waals surface area contributed by atoms with Crippen molar-refractivity contribution in [2.75, 3.05) is 0 Å².